The molecule has 1 aromatic heterocycles. The summed E-state index contributed by atoms with van der Waals surface area (Å²) >= 11 is 0. The van der Waals surface area contributed by atoms with Gasteiger partial charge in [-0.15, -0.1) is 0 Å². The van der Waals surface area contributed by atoms with Crippen molar-refractivity contribution in [3.63, 3.8) is 0 Å². The Kier molecular flexibility index (Phi) is 1.59. The van der Waals surface area contributed by atoms with Gasteiger partial charge in [0.2, 0.25) is 0 Å². The van der Waals surface area contributed by atoms with Crippen LogP contribution in [0.1, 0.15) is 39.3 Å². The summed E-state index contributed by atoms with van der Waals surface area (Å²) in [6.45, 7) is 9.18. The first kappa shape index (κ1) is 9.56. The van der Waals surface area contributed by atoms with Crippen molar-refractivity contribution >= 4 is 5.82 Å². The predicted octanol–water partition coefficient (Wildman–Crippen LogP) is 2.15. The van der Waals surface area contributed by atoms with Crippen LogP contribution in [0.3, 0.4) is 0 Å². The fourth-order valence-electron chi connectivity index (χ4n) is 2.58. The van der Waals surface area contributed by atoms with Gasteiger partial charge >= 0.3 is 0 Å². The van der Waals surface area contributed by atoms with Gasteiger partial charge in [0, 0.05) is 19.0 Å². The van der Waals surface area contributed by atoms with Crippen molar-refractivity contribution in [3.05, 3.63) is 11.8 Å². The second kappa shape index (κ2) is 2.33. The number of rotatable bonds is 1. The van der Waals surface area contributed by atoms with Crippen LogP contribution in [0.25, 0.3) is 0 Å². The maximum atomic E-state index is 5.78. The summed E-state index contributed by atoms with van der Waals surface area (Å²) in [6, 6.07) is 2.00. The molecule has 0 unspecified atom stereocenters. The Morgan fingerprint density at radius 3 is 2.07 bits per heavy atom. The number of anilines is 1. The second-order valence-electron chi connectivity index (χ2n) is 5.49. The van der Waals surface area contributed by atoms with Crippen LogP contribution in [-0.4, -0.2) is 9.78 Å². The molecule has 0 saturated heterocycles. The van der Waals surface area contributed by atoms with E-state index in [2.05, 4.69) is 32.8 Å². The van der Waals surface area contributed by atoms with E-state index in [9.17, 15) is 0 Å². The zero-order valence-electron chi connectivity index (χ0n) is 9.63. The van der Waals surface area contributed by atoms with Gasteiger partial charge in [0.05, 0.1) is 5.69 Å². The molecule has 1 aliphatic carbocycles. The number of aryl methyl sites for hydroxylation is 1. The Labute approximate surface area is 85.3 Å². The molecule has 1 aromatic rings. The van der Waals surface area contributed by atoms with Gasteiger partial charge < -0.3 is 5.73 Å². The van der Waals surface area contributed by atoms with Crippen LogP contribution >= 0.6 is 0 Å². The molecule has 2 N–H and O–H groups in total. The van der Waals surface area contributed by atoms with Gasteiger partial charge in [-0.25, -0.2) is 0 Å². The van der Waals surface area contributed by atoms with Crippen LogP contribution in [0.4, 0.5) is 5.82 Å². The van der Waals surface area contributed by atoms with Gasteiger partial charge in [0.1, 0.15) is 5.82 Å². The van der Waals surface area contributed by atoms with Gasteiger partial charge in [0.25, 0.3) is 0 Å². The van der Waals surface area contributed by atoms with E-state index in [0.717, 1.165) is 11.5 Å². The summed E-state index contributed by atoms with van der Waals surface area (Å²) < 4.78 is 1.75. The van der Waals surface area contributed by atoms with E-state index in [0.29, 0.717) is 16.7 Å². The van der Waals surface area contributed by atoms with Crippen molar-refractivity contribution in [2.75, 3.05) is 5.73 Å². The average Bonchev–Trinajstić information content (AvgIpc) is 2.31. The minimum Gasteiger partial charge on any atom is -0.384 e. The van der Waals surface area contributed by atoms with E-state index in [1.807, 2.05) is 13.1 Å². The lowest BCUT2D eigenvalue weighted by Gasteiger charge is -2.03. The lowest BCUT2D eigenvalue weighted by molar-refractivity contribution is 0.457. The lowest BCUT2D eigenvalue weighted by Crippen LogP contribution is -1.97. The first-order valence-corrected chi connectivity index (χ1v) is 5.08. The van der Waals surface area contributed by atoms with Gasteiger partial charge in [-0.1, -0.05) is 27.7 Å². The van der Waals surface area contributed by atoms with Gasteiger partial charge in [0.15, 0.2) is 0 Å². The molecular weight excluding hydrogens is 174 g/mol. The van der Waals surface area contributed by atoms with Crippen LogP contribution < -0.4 is 5.73 Å². The number of nitrogens with zero attached hydrogens (tertiary/aromatic N) is 2. The summed E-state index contributed by atoms with van der Waals surface area (Å²) in [5.74, 6) is 1.29. The van der Waals surface area contributed by atoms with Crippen molar-refractivity contribution in [2.45, 2.75) is 33.6 Å². The molecule has 78 valence electrons. The van der Waals surface area contributed by atoms with Crippen molar-refractivity contribution in [2.24, 2.45) is 17.9 Å². The fourth-order valence-corrected chi connectivity index (χ4v) is 2.58. The maximum absolute atomic E-state index is 5.78. The minimum atomic E-state index is 0.341. The van der Waals surface area contributed by atoms with E-state index < -0.39 is 0 Å². The van der Waals surface area contributed by atoms with Crippen molar-refractivity contribution in [1.29, 1.82) is 0 Å². The zero-order valence-corrected chi connectivity index (χ0v) is 9.63. The molecule has 0 amide bonds. The highest BCUT2D eigenvalue weighted by Crippen LogP contribution is 2.73. The van der Waals surface area contributed by atoms with Gasteiger partial charge in [-0.2, -0.15) is 5.10 Å². The number of aromatic nitrogens is 2. The Bertz CT molecular complexity index is 340. The van der Waals surface area contributed by atoms with Crippen LogP contribution in [0, 0.1) is 10.8 Å². The molecule has 1 fully saturated rings. The monoisotopic (exact) mass is 193 g/mol. The minimum absolute atomic E-state index is 0.341. The van der Waals surface area contributed by atoms with E-state index in [1.54, 1.807) is 4.68 Å². The number of nitrogen functional groups attached to an aromatic ring is 1. The first-order valence-electron chi connectivity index (χ1n) is 5.08. The molecule has 0 aliphatic heterocycles. The van der Waals surface area contributed by atoms with E-state index in [-0.39, 0.29) is 0 Å². The molecule has 0 atom stereocenters. The highest BCUT2D eigenvalue weighted by molar-refractivity contribution is 5.38. The zero-order chi connectivity index (χ0) is 10.7. The first-order chi connectivity index (χ1) is 6.28. The summed E-state index contributed by atoms with van der Waals surface area (Å²) in [5.41, 5.74) is 7.60. The summed E-state index contributed by atoms with van der Waals surface area (Å²) in [4.78, 5) is 0. The molecule has 3 heteroatoms. The summed E-state index contributed by atoms with van der Waals surface area (Å²) in [7, 11) is 1.89. The lowest BCUT2D eigenvalue weighted by atomic mass is 10.0. The third-order valence-corrected chi connectivity index (χ3v) is 4.25. The standard InChI is InChI=1S/C11H19N3/c1-10(2)9(11(10,3)4)7-6-8(12)14(5)13-7/h6,9H,12H2,1-5H3. The molecule has 1 heterocycles. The van der Waals surface area contributed by atoms with Crippen molar-refractivity contribution in [1.82, 2.24) is 9.78 Å². The molecule has 1 aliphatic rings. The number of hydrogen-bond acceptors (Lipinski definition) is 2. The van der Waals surface area contributed by atoms with Crippen LogP contribution in [0.15, 0.2) is 6.07 Å². The van der Waals surface area contributed by atoms with Crippen molar-refractivity contribution in [3.8, 4) is 0 Å². The SMILES string of the molecule is Cn1nc(C2C(C)(C)C2(C)C)cc1N. The Hall–Kier alpha value is -0.990. The summed E-state index contributed by atoms with van der Waals surface area (Å²) in [5, 5.41) is 4.46. The third-order valence-electron chi connectivity index (χ3n) is 4.25. The van der Waals surface area contributed by atoms with Crippen LogP contribution in [-0.2, 0) is 7.05 Å². The smallest absolute Gasteiger partial charge is 0.121 e. The molecule has 3 nitrogen and oxygen atoms in total. The average molecular weight is 193 g/mol. The molecule has 1 saturated carbocycles. The Balaban J connectivity index is 2.36. The Morgan fingerprint density at radius 1 is 1.29 bits per heavy atom. The van der Waals surface area contributed by atoms with Crippen LogP contribution in [0.5, 0.6) is 0 Å². The molecule has 14 heavy (non-hydrogen) atoms. The molecular formula is C11H19N3. The molecule has 0 radical (unpaired) electrons. The summed E-state index contributed by atoms with van der Waals surface area (Å²) in [6.07, 6.45) is 0. The normalized spacial score (nSPS) is 23.8. The van der Waals surface area contributed by atoms with Crippen LogP contribution in [0.2, 0.25) is 0 Å². The molecule has 0 bridgehead atoms. The number of hydrogen-bond donors (Lipinski definition) is 1. The van der Waals surface area contributed by atoms with E-state index in [4.69, 9.17) is 5.73 Å². The Morgan fingerprint density at radius 2 is 1.79 bits per heavy atom. The topological polar surface area (TPSA) is 43.8 Å². The van der Waals surface area contributed by atoms with E-state index in [1.165, 1.54) is 0 Å². The quantitative estimate of drug-likeness (QED) is 0.742. The molecule has 0 spiro atoms. The molecule has 2 rings (SSSR count). The van der Waals surface area contributed by atoms with Crippen molar-refractivity contribution < 1.29 is 0 Å². The highest BCUT2D eigenvalue weighted by atomic mass is 15.3. The molecule has 0 aromatic carbocycles. The highest BCUT2D eigenvalue weighted by Gasteiger charge is 2.66. The fraction of sp³-hybridized carbons (Fsp3) is 0.727. The maximum Gasteiger partial charge on any atom is 0.121 e. The third kappa shape index (κ3) is 0.954. The second-order valence-corrected chi connectivity index (χ2v) is 5.49. The largest absolute Gasteiger partial charge is 0.384 e. The van der Waals surface area contributed by atoms with Gasteiger partial charge in [-0.3, -0.25) is 4.68 Å². The van der Waals surface area contributed by atoms with Gasteiger partial charge in [-0.05, 0) is 10.8 Å². The predicted molar refractivity (Wildman–Crippen MR) is 57.9 cm³/mol. The van der Waals surface area contributed by atoms with E-state index >= 15 is 0 Å². The number of nitrogens with two attached hydrogens (primary N) is 1.